The number of anilines is 1. The van der Waals surface area contributed by atoms with Crippen LogP contribution < -0.4 is 4.90 Å². The van der Waals surface area contributed by atoms with Gasteiger partial charge >= 0.3 is 0 Å². The molecule has 0 atom stereocenters. The van der Waals surface area contributed by atoms with Gasteiger partial charge in [0.05, 0.1) is 16.7 Å². The summed E-state index contributed by atoms with van der Waals surface area (Å²) in [6, 6.07) is 49.2. The van der Waals surface area contributed by atoms with Gasteiger partial charge in [-0.25, -0.2) is 9.97 Å². The molecule has 4 aliphatic rings. The van der Waals surface area contributed by atoms with Gasteiger partial charge in [-0.05, 0) is 79.3 Å². The molecule has 4 heterocycles. The van der Waals surface area contributed by atoms with E-state index in [9.17, 15) is 0 Å². The number of fused-ring (bicyclic) bond motifs is 3. The Kier molecular flexibility index (Phi) is 6.12. The van der Waals surface area contributed by atoms with Crippen molar-refractivity contribution < 1.29 is 0 Å². The second-order valence-corrected chi connectivity index (χ2v) is 13.9. The standard InChI is InChI=1S/C43H36N4/c1-3-10-30(11-4-1)32-14-9-15-33(25-32)39-27-42(45-43(44-39)31-12-5-2-6-13-31)47-40-17-8-7-16-37(40)38-19-18-34(26-41(38)47)46-35-21-28-20-29(23-35)24-36(46)22-28/h1-19,25-29,35-36H,20-24H2. The summed E-state index contributed by atoms with van der Waals surface area (Å²) in [6.07, 6.45) is 6.87. The van der Waals surface area contributed by atoms with Crippen LogP contribution in [0.4, 0.5) is 5.69 Å². The topological polar surface area (TPSA) is 34.0 Å². The first-order valence-corrected chi connectivity index (χ1v) is 17.2. The van der Waals surface area contributed by atoms with Gasteiger partial charge in [0.15, 0.2) is 5.82 Å². The Morgan fingerprint density at radius 3 is 1.87 bits per heavy atom. The highest BCUT2D eigenvalue weighted by Gasteiger charge is 2.46. The van der Waals surface area contributed by atoms with Crippen LogP contribution in [-0.2, 0) is 0 Å². The van der Waals surface area contributed by atoms with Crippen LogP contribution in [0.25, 0.3) is 61.4 Å². The molecule has 2 saturated heterocycles. The molecular weight excluding hydrogens is 573 g/mol. The molecule has 228 valence electrons. The first kappa shape index (κ1) is 26.9. The summed E-state index contributed by atoms with van der Waals surface area (Å²) in [5.74, 6) is 3.48. The van der Waals surface area contributed by atoms with Gasteiger partial charge < -0.3 is 4.90 Å². The van der Waals surface area contributed by atoms with Gasteiger partial charge in [-0.15, -0.1) is 0 Å². The van der Waals surface area contributed by atoms with Crippen LogP contribution in [0.15, 0.2) is 133 Å². The lowest BCUT2D eigenvalue weighted by atomic mass is 9.63. The third-order valence-corrected chi connectivity index (χ3v) is 11.1. The predicted molar refractivity (Wildman–Crippen MR) is 193 cm³/mol. The molecule has 47 heavy (non-hydrogen) atoms. The van der Waals surface area contributed by atoms with Crippen LogP contribution in [0.3, 0.4) is 0 Å². The number of hydrogen-bond acceptors (Lipinski definition) is 3. The summed E-state index contributed by atoms with van der Waals surface area (Å²) >= 11 is 0. The monoisotopic (exact) mass is 608 g/mol. The Hall–Kier alpha value is -5.22. The van der Waals surface area contributed by atoms with Gasteiger partial charge in [0.25, 0.3) is 0 Å². The molecule has 0 spiro atoms. The molecule has 0 N–H and O–H groups in total. The highest BCUT2D eigenvalue weighted by molar-refractivity contribution is 6.10. The molecule has 4 fully saturated rings. The molecule has 0 amide bonds. The second-order valence-electron chi connectivity index (χ2n) is 13.9. The van der Waals surface area contributed by atoms with Crippen molar-refractivity contribution in [1.29, 1.82) is 0 Å². The molecule has 4 heteroatoms. The molecule has 2 saturated carbocycles. The Morgan fingerprint density at radius 1 is 0.468 bits per heavy atom. The highest BCUT2D eigenvalue weighted by Crippen LogP contribution is 2.51. The summed E-state index contributed by atoms with van der Waals surface area (Å²) in [4.78, 5) is 13.3. The van der Waals surface area contributed by atoms with E-state index in [0.717, 1.165) is 40.3 Å². The van der Waals surface area contributed by atoms with Crippen molar-refractivity contribution in [3.63, 3.8) is 0 Å². The molecule has 4 nitrogen and oxygen atoms in total. The first-order valence-electron chi connectivity index (χ1n) is 17.2. The van der Waals surface area contributed by atoms with Crippen molar-refractivity contribution in [3.8, 4) is 39.6 Å². The van der Waals surface area contributed by atoms with Gasteiger partial charge in [0.1, 0.15) is 5.82 Å². The number of nitrogens with zero attached hydrogens (tertiary/aromatic N) is 4. The molecule has 2 aliphatic carbocycles. The van der Waals surface area contributed by atoms with E-state index in [4.69, 9.17) is 9.97 Å². The minimum absolute atomic E-state index is 0.675. The third kappa shape index (κ3) is 4.50. The van der Waals surface area contributed by atoms with Gasteiger partial charge in [-0.1, -0.05) is 103 Å². The number of rotatable bonds is 5. The fourth-order valence-corrected chi connectivity index (χ4v) is 9.22. The van der Waals surface area contributed by atoms with E-state index >= 15 is 0 Å². The summed E-state index contributed by atoms with van der Waals surface area (Å²) in [6.45, 7) is 0. The lowest BCUT2D eigenvalue weighted by Crippen LogP contribution is -2.58. The molecular formula is C43H36N4. The van der Waals surface area contributed by atoms with Crippen molar-refractivity contribution in [2.24, 2.45) is 11.8 Å². The maximum absolute atomic E-state index is 5.31. The number of aromatic nitrogens is 3. The van der Waals surface area contributed by atoms with Crippen molar-refractivity contribution >= 4 is 27.5 Å². The minimum Gasteiger partial charge on any atom is -0.365 e. The van der Waals surface area contributed by atoms with Crippen molar-refractivity contribution in [3.05, 3.63) is 133 Å². The van der Waals surface area contributed by atoms with Crippen LogP contribution in [-0.4, -0.2) is 26.6 Å². The molecule has 4 bridgehead atoms. The zero-order valence-electron chi connectivity index (χ0n) is 26.3. The Morgan fingerprint density at radius 2 is 1.11 bits per heavy atom. The van der Waals surface area contributed by atoms with E-state index < -0.39 is 0 Å². The molecule has 5 aromatic carbocycles. The number of hydrogen-bond donors (Lipinski definition) is 0. The molecule has 0 unspecified atom stereocenters. The normalized spacial score (nSPS) is 21.6. The Labute approximate surface area is 275 Å². The minimum atomic E-state index is 0.675. The van der Waals surface area contributed by atoms with Crippen LogP contribution in [0.1, 0.15) is 32.1 Å². The van der Waals surface area contributed by atoms with Crippen molar-refractivity contribution in [2.75, 3.05) is 4.90 Å². The largest absolute Gasteiger partial charge is 0.365 e. The summed E-state index contributed by atoms with van der Waals surface area (Å²) in [5.41, 5.74) is 9.12. The lowest BCUT2D eigenvalue weighted by molar-refractivity contribution is 0.0900. The Balaban J connectivity index is 1.18. The molecule has 11 rings (SSSR count). The third-order valence-electron chi connectivity index (χ3n) is 11.1. The van der Waals surface area contributed by atoms with E-state index in [-0.39, 0.29) is 0 Å². The number of piperidine rings is 2. The summed E-state index contributed by atoms with van der Waals surface area (Å²) in [7, 11) is 0. The molecule has 0 radical (unpaired) electrons. The van der Waals surface area contributed by atoms with Gasteiger partial charge in [-0.2, -0.15) is 0 Å². The molecule has 2 aliphatic heterocycles. The van der Waals surface area contributed by atoms with E-state index in [0.29, 0.717) is 12.1 Å². The van der Waals surface area contributed by atoms with Gasteiger partial charge in [-0.3, -0.25) is 4.57 Å². The first-order chi connectivity index (χ1) is 23.2. The average molecular weight is 609 g/mol. The Bertz CT molecular complexity index is 2240. The number of para-hydroxylation sites is 1. The van der Waals surface area contributed by atoms with Gasteiger partial charge in [0, 0.05) is 45.7 Å². The average Bonchev–Trinajstić information content (AvgIpc) is 3.45. The van der Waals surface area contributed by atoms with E-state index in [2.05, 4.69) is 137 Å². The predicted octanol–water partition coefficient (Wildman–Crippen LogP) is 10.3. The van der Waals surface area contributed by atoms with E-state index in [1.54, 1.807) is 0 Å². The maximum atomic E-state index is 5.31. The van der Waals surface area contributed by atoms with E-state index in [1.165, 1.54) is 70.7 Å². The maximum Gasteiger partial charge on any atom is 0.162 e. The summed E-state index contributed by atoms with van der Waals surface area (Å²) < 4.78 is 2.38. The van der Waals surface area contributed by atoms with Gasteiger partial charge in [0.2, 0.25) is 0 Å². The zero-order chi connectivity index (χ0) is 30.9. The lowest BCUT2D eigenvalue weighted by Gasteiger charge is -2.57. The quantitative estimate of drug-likeness (QED) is 0.195. The highest BCUT2D eigenvalue weighted by atomic mass is 15.2. The SMILES string of the molecule is c1ccc(-c2cccc(-c3cc(-n4c5ccccc5c5ccc(N6C7CC8CC(C7)CC6C8)cc54)nc(-c4ccccc4)n3)c2)cc1. The van der Waals surface area contributed by atoms with Crippen LogP contribution in [0.5, 0.6) is 0 Å². The zero-order valence-corrected chi connectivity index (χ0v) is 26.3. The van der Waals surface area contributed by atoms with Crippen LogP contribution in [0, 0.1) is 11.8 Å². The fraction of sp³-hybridized carbons (Fsp3) is 0.209. The van der Waals surface area contributed by atoms with Crippen molar-refractivity contribution in [1.82, 2.24) is 14.5 Å². The second kappa shape index (κ2) is 10.7. The summed E-state index contributed by atoms with van der Waals surface area (Å²) in [5, 5.41) is 2.52. The van der Waals surface area contributed by atoms with Crippen molar-refractivity contribution in [2.45, 2.75) is 44.2 Å². The van der Waals surface area contributed by atoms with Crippen LogP contribution >= 0.6 is 0 Å². The smallest absolute Gasteiger partial charge is 0.162 e. The van der Waals surface area contributed by atoms with E-state index in [1.807, 2.05) is 6.07 Å². The number of benzene rings is 5. The fourth-order valence-electron chi connectivity index (χ4n) is 9.22. The molecule has 2 aromatic heterocycles. The van der Waals surface area contributed by atoms with Crippen LogP contribution in [0.2, 0.25) is 0 Å². The molecule has 7 aromatic rings.